The molecule has 0 spiro atoms. The highest BCUT2D eigenvalue weighted by atomic mass is 19.3. The second kappa shape index (κ2) is 4.98. The van der Waals surface area contributed by atoms with Gasteiger partial charge in [0.25, 0.3) is 5.69 Å². The highest BCUT2D eigenvalue weighted by Crippen LogP contribution is 2.25. The minimum absolute atomic E-state index is 0.0952. The molecule has 0 saturated carbocycles. The van der Waals surface area contributed by atoms with Crippen molar-refractivity contribution in [3.05, 3.63) is 39.4 Å². The van der Waals surface area contributed by atoms with Crippen LogP contribution >= 0.6 is 0 Å². The van der Waals surface area contributed by atoms with E-state index in [0.717, 1.165) is 0 Å². The number of halogens is 2. The van der Waals surface area contributed by atoms with E-state index >= 15 is 0 Å². The Balaban J connectivity index is 2.98. The summed E-state index contributed by atoms with van der Waals surface area (Å²) in [6, 6.07) is 3.43. The van der Waals surface area contributed by atoms with Crippen LogP contribution in [0.25, 0.3) is 0 Å². The van der Waals surface area contributed by atoms with E-state index in [-0.39, 0.29) is 5.69 Å². The van der Waals surface area contributed by atoms with Gasteiger partial charge in [0, 0.05) is 24.1 Å². The fourth-order valence-corrected chi connectivity index (χ4v) is 1.38. The number of alkyl halides is 2. The van der Waals surface area contributed by atoms with Gasteiger partial charge in [-0.1, -0.05) is 12.1 Å². The maximum absolute atomic E-state index is 12.1. The van der Waals surface area contributed by atoms with Crippen LogP contribution in [0.4, 0.5) is 14.5 Å². The third kappa shape index (κ3) is 2.96. The molecule has 0 aromatic heterocycles. The summed E-state index contributed by atoms with van der Waals surface area (Å²) in [6.07, 6.45) is -3.02. The number of nitrogens with two attached hydrogens (primary N) is 1. The number of nitrogens with zero attached hydrogens (tertiary/aromatic N) is 1. The van der Waals surface area contributed by atoms with Gasteiger partial charge >= 0.3 is 0 Å². The average molecular weight is 230 g/mol. The predicted octanol–water partition coefficient (Wildman–Crippen LogP) is 2.56. The Bertz CT molecular complexity index is 396. The number of hydrogen-bond acceptors (Lipinski definition) is 3. The van der Waals surface area contributed by atoms with Gasteiger partial charge in [0.15, 0.2) is 0 Å². The van der Waals surface area contributed by atoms with Crippen LogP contribution in [-0.2, 0) is 0 Å². The summed E-state index contributed by atoms with van der Waals surface area (Å²) < 4.78 is 24.2. The molecule has 4 nitrogen and oxygen atoms in total. The van der Waals surface area contributed by atoms with Crippen LogP contribution in [0.2, 0.25) is 0 Å². The molecular formula is C10H12F2N2O2. The van der Waals surface area contributed by atoms with Crippen molar-refractivity contribution in [3.63, 3.8) is 0 Å². The molecule has 0 aliphatic heterocycles. The standard InChI is InChI=1S/C10H12F2N2O2/c1-6-2-3-7(4-9(6)14(15)16)8(13)5-10(11)12/h2-4,8,10H,5,13H2,1H3/t8-/m0/s1. The minimum atomic E-state index is -2.52. The van der Waals surface area contributed by atoms with E-state index in [1.165, 1.54) is 18.2 Å². The summed E-state index contributed by atoms with van der Waals surface area (Å²) in [4.78, 5) is 10.1. The van der Waals surface area contributed by atoms with E-state index in [2.05, 4.69) is 0 Å². The molecule has 1 aromatic carbocycles. The Morgan fingerprint density at radius 1 is 1.50 bits per heavy atom. The summed E-state index contributed by atoms with van der Waals surface area (Å²) in [5.41, 5.74) is 6.26. The molecule has 0 aliphatic rings. The number of benzene rings is 1. The number of hydrogen-bond donors (Lipinski definition) is 1. The van der Waals surface area contributed by atoms with Gasteiger partial charge in [-0.2, -0.15) is 0 Å². The molecule has 6 heteroatoms. The monoisotopic (exact) mass is 230 g/mol. The highest BCUT2D eigenvalue weighted by Gasteiger charge is 2.17. The molecule has 0 saturated heterocycles. The molecule has 0 fully saturated rings. The molecule has 0 heterocycles. The van der Waals surface area contributed by atoms with Gasteiger partial charge in [0.05, 0.1) is 4.92 Å². The van der Waals surface area contributed by atoms with Gasteiger partial charge in [-0.3, -0.25) is 10.1 Å². The van der Waals surface area contributed by atoms with Crippen molar-refractivity contribution in [1.82, 2.24) is 0 Å². The molecule has 0 unspecified atom stereocenters. The maximum Gasteiger partial charge on any atom is 0.272 e. The lowest BCUT2D eigenvalue weighted by molar-refractivity contribution is -0.385. The zero-order valence-electron chi connectivity index (χ0n) is 8.69. The Kier molecular flexibility index (Phi) is 3.89. The first-order chi connectivity index (χ1) is 7.41. The zero-order chi connectivity index (χ0) is 12.3. The Labute approximate surface area is 91.2 Å². The third-order valence-electron chi connectivity index (χ3n) is 2.29. The van der Waals surface area contributed by atoms with Crippen LogP contribution in [0.3, 0.4) is 0 Å². The summed E-state index contributed by atoms with van der Waals surface area (Å²) >= 11 is 0. The van der Waals surface area contributed by atoms with Gasteiger partial charge < -0.3 is 5.73 Å². The van der Waals surface area contributed by atoms with Crippen LogP contribution in [0.5, 0.6) is 0 Å². The third-order valence-corrected chi connectivity index (χ3v) is 2.29. The topological polar surface area (TPSA) is 69.2 Å². The first-order valence-corrected chi connectivity index (χ1v) is 4.70. The van der Waals surface area contributed by atoms with Crippen LogP contribution < -0.4 is 5.73 Å². The Morgan fingerprint density at radius 3 is 2.62 bits per heavy atom. The van der Waals surface area contributed by atoms with E-state index in [4.69, 9.17) is 5.73 Å². The molecular weight excluding hydrogens is 218 g/mol. The van der Waals surface area contributed by atoms with Crippen LogP contribution in [-0.4, -0.2) is 11.3 Å². The maximum atomic E-state index is 12.1. The van der Waals surface area contributed by atoms with E-state index in [1.54, 1.807) is 6.92 Å². The quantitative estimate of drug-likeness (QED) is 0.638. The predicted molar refractivity (Wildman–Crippen MR) is 55.4 cm³/mol. The number of rotatable bonds is 4. The normalized spacial score (nSPS) is 12.8. The summed E-state index contributed by atoms with van der Waals surface area (Å²) in [5.74, 6) is 0. The highest BCUT2D eigenvalue weighted by molar-refractivity contribution is 5.43. The van der Waals surface area contributed by atoms with Crippen molar-refractivity contribution in [1.29, 1.82) is 0 Å². The van der Waals surface area contributed by atoms with Crippen LogP contribution in [0, 0.1) is 17.0 Å². The molecule has 2 N–H and O–H groups in total. The number of aryl methyl sites for hydroxylation is 1. The second-order valence-electron chi connectivity index (χ2n) is 3.54. The summed E-state index contributed by atoms with van der Waals surface area (Å²) in [7, 11) is 0. The lowest BCUT2D eigenvalue weighted by Crippen LogP contribution is -2.14. The molecule has 1 atom stereocenters. The number of nitro groups is 1. The summed E-state index contributed by atoms with van der Waals surface area (Å²) in [5, 5.41) is 10.6. The molecule has 0 radical (unpaired) electrons. The number of nitro benzene ring substituents is 1. The van der Waals surface area contributed by atoms with Crippen molar-refractivity contribution in [2.75, 3.05) is 0 Å². The van der Waals surface area contributed by atoms with E-state index < -0.39 is 23.8 Å². The zero-order valence-corrected chi connectivity index (χ0v) is 8.69. The molecule has 0 bridgehead atoms. The minimum Gasteiger partial charge on any atom is -0.324 e. The SMILES string of the molecule is Cc1ccc([C@@H](N)CC(F)F)cc1[N+](=O)[O-]. The van der Waals surface area contributed by atoms with Crippen molar-refractivity contribution < 1.29 is 13.7 Å². The molecule has 1 aromatic rings. The van der Waals surface area contributed by atoms with Crippen molar-refractivity contribution in [2.45, 2.75) is 25.8 Å². The van der Waals surface area contributed by atoms with Gasteiger partial charge in [0.2, 0.25) is 6.43 Å². The van der Waals surface area contributed by atoms with Gasteiger partial charge in [-0.25, -0.2) is 8.78 Å². The molecule has 0 amide bonds. The van der Waals surface area contributed by atoms with E-state index in [1.807, 2.05) is 0 Å². The second-order valence-corrected chi connectivity index (χ2v) is 3.54. The smallest absolute Gasteiger partial charge is 0.272 e. The lowest BCUT2D eigenvalue weighted by Gasteiger charge is -2.11. The first-order valence-electron chi connectivity index (χ1n) is 4.70. The average Bonchev–Trinajstić information content (AvgIpc) is 2.16. The molecule has 1 rings (SSSR count). The van der Waals surface area contributed by atoms with Crippen molar-refractivity contribution in [2.24, 2.45) is 5.73 Å². The van der Waals surface area contributed by atoms with Gasteiger partial charge in [-0.15, -0.1) is 0 Å². The Morgan fingerprint density at radius 2 is 2.12 bits per heavy atom. The van der Waals surface area contributed by atoms with Crippen LogP contribution in [0.15, 0.2) is 18.2 Å². The first kappa shape index (κ1) is 12.5. The van der Waals surface area contributed by atoms with Crippen LogP contribution in [0.1, 0.15) is 23.6 Å². The fraction of sp³-hybridized carbons (Fsp3) is 0.400. The summed E-state index contributed by atoms with van der Waals surface area (Å²) in [6.45, 7) is 1.58. The van der Waals surface area contributed by atoms with Crippen molar-refractivity contribution in [3.8, 4) is 0 Å². The largest absolute Gasteiger partial charge is 0.324 e. The van der Waals surface area contributed by atoms with Gasteiger partial charge in [0.1, 0.15) is 0 Å². The van der Waals surface area contributed by atoms with Gasteiger partial charge in [-0.05, 0) is 12.5 Å². The molecule has 16 heavy (non-hydrogen) atoms. The van der Waals surface area contributed by atoms with E-state index in [0.29, 0.717) is 11.1 Å². The molecule has 88 valence electrons. The lowest BCUT2D eigenvalue weighted by atomic mass is 10.0. The molecule has 0 aliphatic carbocycles. The van der Waals surface area contributed by atoms with E-state index in [9.17, 15) is 18.9 Å². The van der Waals surface area contributed by atoms with Crippen molar-refractivity contribution >= 4 is 5.69 Å². The fourth-order valence-electron chi connectivity index (χ4n) is 1.38. The Hall–Kier alpha value is -1.56.